The van der Waals surface area contributed by atoms with Crippen LogP contribution in [0, 0.1) is 6.85 Å². The second kappa shape index (κ2) is 12.7. The van der Waals surface area contributed by atoms with Crippen molar-refractivity contribution >= 4 is 88.7 Å². The summed E-state index contributed by atoms with van der Waals surface area (Å²) >= 11 is 1.82. The van der Waals surface area contributed by atoms with E-state index in [1.54, 1.807) is 0 Å². The molecule has 0 atom stereocenters. The van der Waals surface area contributed by atoms with E-state index in [2.05, 4.69) is 177 Å². The molecule has 6 aromatic carbocycles. The van der Waals surface area contributed by atoms with Crippen molar-refractivity contribution in [2.24, 2.45) is 0 Å². The van der Waals surface area contributed by atoms with Gasteiger partial charge in [-0.1, -0.05) is 125 Å². The standard InChI is InChI=1S/C57H61BN2S/c1-34-28-47-52-48(29-34)60(44-17-15-19-50-51(44)37-16-13-14-18-49(37)61-50)45-30-35(53(2,3)4)20-23-42(45)58(52)43-32-40-41(57(11,12)27-26-56(40,9)10)33-46(43)59(47)36-21-22-38-39(31-36)55(7,8)25-24-54(38,5)6/h13-23,28-33H,24-27H2,1-12H3/i1D3. The van der Waals surface area contributed by atoms with Gasteiger partial charge in [-0.2, -0.15) is 0 Å². The van der Waals surface area contributed by atoms with E-state index >= 15 is 0 Å². The van der Waals surface area contributed by atoms with Crippen molar-refractivity contribution in [3.63, 3.8) is 0 Å². The van der Waals surface area contributed by atoms with E-state index in [-0.39, 0.29) is 33.8 Å². The van der Waals surface area contributed by atoms with Crippen LogP contribution in [0.5, 0.6) is 0 Å². The van der Waals surface area contributed by atoms with Crippen LogP contribution in [0.1, 0.15) is 139 Å². The first kappa shape index (κ1) is 35.8. The molecule has 0 spiro atoms. The molecule has 0 N–H and O–H groups in total. The first-order valence-electron chi connectivity index (χ1n) is 24.1. The maximum atomic E-state index is 9.13. The quantitative estimate of drug-likeness (QED) is 0.160. The maximum Gasteiger partial charge on any atom is 0.252 e. The van der Waals surface area contributed by atoms with E-state index < -0.39 is 6.85 Å². The molecule has 61 heavy (non-hydrogen) atoms. The van der Waals surface area contributed by atoms with E-state index in [0.717, 1.165) is 65.3 Å². The Morgan fingerprint density at radius 1 is 0.541 bits per heavy atom. The number of hydrogen-bond donors (Lipinski definition) is 0. The predicted octanol–water partition coefficient (Wildman–Crippen LogP) is 14.4. The maximum absolute atomic E-state index is 9.13. The van der Waals surface area contributed by atoms with Crippen molar-refractivity contribution in [1.82, 2.24) is 0 Å². The van der Waals surface area contributed by atoms with E-state index in [0.29, 0.717) is 5.56 Å². The van der Waals surface area contributed by atoms with Gasteiger partial charge < -0.3 is 9.80 Å². The summed E-state index contributed by atoms with van der Waals surface area (Å²) in [6.45, 7) is 23.7. The van der Waals surface area contributed by atoms with E-state index in [4.69, 9.17) is 4.11 Å². The second-order valence-electron chi connectivity index (χ2n) is 22.5. The fourth-order valence-corrected chi connectivity index (χ4v) is 12.8. The highest BCUT2D eigenvalue weighted by molar-refractivity contribution is 7.26. The van der Waals surface area contributed by atoms with E-state index in [9.17, 15) is 0 Å². The number of rotatable bonds is 2. The third kappa shape index (κ3) is 5.66. The van der Waals surface area contributed by atoms with Crippen LogP contribution in [0.15, 0.2) is 103 Å². The summed E-state index contributed by atoms with van der Waals surface area (Å²) in [5.74, 6) is 0. The van der Waals surface area contributed by atoms with Crippen molar-refractivity contribution < 1.29 is 4.11 Å². The van der Waals surface area contributed by atoms with Gasteiger partial charge >= 0.3 is 0 Å². The van der Waals surface area contributed by atoms with Crippen LogP contribution in [-0.2, 0) is 27.1 Å². The first-order chi connectivity index (χ1) is 30.0. The Balaban J connectivity index is 1.30. The topological polar surface area (TPSA) is 6.48 Å². The fourth-order valence-electron chi connectivity index (χ4n) is 11.7. The lowest BCUT2D eigenvalue weighted by atomic mass is 9.33. The number of benzene rings is 6. The molecule has 4 aliphatic rings. The van der Waals surface area contributed by atoms with E-state index in [1.807, 2.05) is 23.5 Å². The minimum absolute atomic E-state index is 0.00433. The molecule has 2 aliphatic carbocycles. The Hall–Kier alpha value is -4.80. The molecular weight excluding hydrogens is 756 g/mol. The van der Waals surface area contributed by atoms with Gasteiger partial charge in [0.2, 0.25) is 0 Å². The Morgan fingerprint density at radius 3 is 1.84 bits per heavy atom. The number of hydrogen-bond acceptors (Lipinski definition) is 3. The summed E-state index contributed by atoms with van der Waals surface area (Å²) < 4.78 is 29.9. The summed E-state index contributed by atoms with van der Waals surface area (Å²) in [7, 11) is 0. The molecule has 7 aromatic rings. The summed E-state index contributed by atoms with van der Waals surface area (Å²) in [6, 6.07) is 38.9. The van der Waals surface area contributed by atoms with Gasteiger partial charge in [-0.05, 0) is 164 Å². The van der Waals surface area contributed by atoms with Crippen LogP contribution < -0.4 is 26.2 Å². The molecule has 0 radical (unpaired) electrons. The average molecular weight is 820 g/mol. The lowest BCUT2D eigenvalue weighted by molar-refractivity contribution is 0.332. The molecule has 0 fully saturated rings. The zero-order chi connectivity index (χ0) is 45.3. The molecule has 0 saturated heterocycles. The molecule has 2 nitrogen and oxygen atoms in total. The molecule has 4 heteroatoms. The Bertz CT molecular complexity index is 3120. The number of anilines is 6. The highest BCUT2D eigenvalue weighted by Crippen LogP contribution is 2.53. The number of aryl methyl sites for hydroxylation is 1. The predicted molar refractivity (Wildman–Crippen MR) is 267 cm³/mol. The van der Waals surface area contributed by atoms with Gasteiger partial charge in [0.15, 0.2) is 0 Å². The van der Waals surface area contributed by atoms with Crippen molar-refractivity contribution in [2.75, 3.05) is 9.80 Å². The highest BCUT2D eigenvalue weighted by atomic mass is 32.1. The van der Waals surface area contributed by atoms with Crippen LogP contribution in [0.2, 0.25) is 0 Å². The smallest absolute Gasteiger partial charge is 0.252 e. The minimum Gasteiger partial charge on any atom is -0.311 e. The average Bonchev–Trinajstić information content (AvgIpc) is 3.62. The third-order valence-electron chi connectivity index (χ3n) is 15.6. The zero-order valence-corrected chi connectivity index (χ0v) is 38.8. The van der Waals surface area contributed by atoms with Crippen LogP contribution in [0.3, 0.4) is 0 Å². The van der Waals surface area contributed by atoms with Crippen LogP contribution in [0.25, 0.3) is 20.2 Å². The van der Waals surface area contributed by atoms with Gasteiger partial charge in [-0.25, -0.2) is 0 Å². The molecule has 308 valence electrons. The van der Waals surface area contributed by atoms with Crippen LogP contribution in [-0.4, -0.2) is 6.71 Å². The van der Waals surface area contributed by atoms with Crippen molar-refractivity contribution in [1.29, 1.82) is 0 Å². The number of nitrogens with zero attached hydrogens (tertiary/aromatic N) is 2. The molecule has 2 aliphatic heterocycles. The van der Waals surface area contributed by atoms with Crippen LogP contribution >= 0.6 is 11.3 Å². The number of fused-ring (bicyclic) bond motifs is 9. The SMILES string of the molecule is [2H]C([2H])([2H])c1cc2c3c(c1)N(c1cccc4sc5ccccc5c14)c1cc(C(C)(C)C)ccc1B3c1cc3c(cc1N2c1ccc2c(c1)C(C)(C)CCC2(C)C)C(C)(C)CCC3(C)C. The highest BCUT2D eigenvalue weighted by Gasteiger charge is 2.47. The molecule has 0 unspecified atom stereocenters. The molecule has 3 heterocycles. The summed E-state index contributed by atoms with van der Waals surface area (Å²) in [4.78, 5) is 4.92. The van der Waals surface area contributed by atoms with Crippen molar-refractivity contribution in [2.45, 2.75) is 136 Å². The number of thiophene rings is 1. The largest absolute Gasteiger partial charge is 0.311 e. The van der Waals surface area contributed by atoms with Gasteiger partial charge in [-0.15, -0.1) is 11.3 Å². The third-order valence-corrected chi connectivity index (χ3v) is 16.8. The first-order valence-corrected chi connectivity index (χ1v) is 23.5. The molecule has 1 aromatic heterocycles. The summed E-state index contributed by atoms with van der Waals surface area (Å²) in [6.07, 6.45) is 4.49. The summed E-state index contributed by atoms with van der Waals surface area (Å²) in [5.41, 5.74) is 17.2. The van der Waals surface area contributed by atoms with Gasteiger partial charge in [0.05, 0.1) is 5.69 Å². The van der Waals surface area contributed by atoms with Gasteiger partial charge in [0.1, 0.15) is 0 Å². The van der Waals surface area contributed by atoms with Crippen molar-refractivity contribution in [3.05, 3.63) is 137 Å². The molecular formula is C57H61BN2S. The van der Waals surface area contributed by atoms with Crippen molar-refractivity contribution in [3.8, 4) is 0 Å². The second-order valence-corrected chi connectivity index (χ2v) is 23.6. The molecule has 0 saturated carbocycles. The fraction of sp³-hybridized carbons (Fsp3) is 0.368. The Labute approximate surface area is 373 Å². The normalized spacial score (nSPS) is 19.9. The van der Waals surface area contributed by atoms with E-state index in [1.165, 1.54) is 58.9 Å². The molecule has 0 amide bonds. The Kier molecular flexibility index (Phi) is 7.42. The molecule has 0 bridgehead atoms. The minimum atomic E-state index is -2.35. The Morgan fingerprint density at radius 2 is 1.15 bits per heavy atom. The van der Waals surface area contributed by atoms with Gasteiger partial charge in [-0.3, -0.25) is 0 Å². The lowest BCUT2D eigenvalue weighted by Gasteiger charge is -2.48. The summed E-state index contributed by atoms with van der Waals surface area (Å²) in [5, 5.41) is 2.42. The molecule has 11 rings (SSSR count). The lowest BCUT2D eigenvalue weighted by Crippen LogP contribution is -2.62. The monoisotopic (exact) mass is 819 g/mol. The zero-order valence-electron chi connectivity index (χ0n) is 41.0. The van der Waals surface area contributed by atoms with Crippen LogP contribution in [0.4, 0.5) is 34.1 Å². The van der Waals surface area contributed by atoms with Gasteiger partial charge in [0, 0.05) is 52.7 Å². The van der Waals surface area contributed by atoms with Gasteiger partial charge in [0.25, 0.3) is 6.71 Å².